The molecule has 0 spiro atoms. The summed E-state index contributed by atoms with van der Waals surface area (Å²) in [4.78, 5) is 38.1. The molecule has 9 heteroatoms. The van der Waals surface area contributed by atoms with Crippen LogP contribution in [0, 0.1) is 6.92 Å². The van der Waals surface area contributed by atoms with Gasteiger partial charge in [-0.05, 0) is 61.0 Å². The van der Waals surface area contributed by atoms with Crippen LogP contribution in [0.1, 0.15) is 15.9 Å². The summed E-state index contributed by atoms with van der Waals surface area (Å²) in [6.07, 6.45) is 0. The van der Waals surface area contributed by atoms with Gasteiger partial charge in [-0.25, -0.2) is 4.79 Å². The topological polar surface area (TPSA) is 104 Å². The lowest BCUT2D eigenvalue weighted by Gasteiger charge is -2.13. The first kappa shape index (κ1) is 24.8. The van der Waals surface area contributed by atoms with Crippen LogP contribution in [0.4, 0.5) is 5.69 Å². The van der Waals surface area contributed by atoms with Crippen molar-refractivity contribution in [2.24, 2.45) is 0 Å². The fourth-order valence-electron chi connectivity index (χ4n) is 3.57. The maximum Gasteiger partial charge on any atom is 0.339 e. The van der Waals surface area contributed by atoms with Crippen molar-refractivity contribution < 1.29 is 28.2 Å². The van der Waals surface area contributed by atoms with E-state index < -0.39 is 23.9 Å². The molecule has 0 aliphatic carbocycles. The number of amides is 1. The third-order valence-corrected chi connectivity index (χ3v) is 5.84. The number of halogens is 1. The molecule has 36 heavy (non-hydrogen) atoms. The third-order valence-electron chi connectivity index (χ3n) is 5.44. The van der Waals surface area contributed by atoms with E-state index in [1.807, 2.05) is 0 Å². The van der Waals surface area contributed by atoms with Gasteiger partial charge in [0.15, 0.2) is 12.4 Å². The van der Waals surface area contributed by atoms with Crippen molar-refractivity contribution in [3.63, 3.8) is 0 Å². The predicted octanol–water partition coefficient (Wildman–Crippen LogP) is 5.23. The van der Waals surface area contributed by atoms with Gasteiger partial charge >= 0.3 is 5.97 Å². The molecule has 1 heterocycles. The fourth-order valence-corrected chi connectivity index (χ4v) is 3.73. The Morgan fingerprint density at radius 3 is 2.44 bits per heavy atom. The molecule has 1 aromatic heterocycles. The summed E-state index contributed by atoms with van der Waals surface area (Å²) in [6.45, 7) is 1.28. The number of nitrogens with one attached hydrogen (secondary N) is 1. The van der Waals surface area contributed by atoms with Crippen LogP contribution in [0.5, 0.6) is 11.5 Å². The van der Waals surface area contributed by atoms with Gasteiger partial charge in [-0.15, -0.1) is 0 Å². The van der Waals surface area contributed by atoms with Gasteiger partial charge in [-0.1, -0.05) is 23.7 Å². The number of para-hydroxylation sites is 1. The Morgan fingerprint density at radius 2 is 1.75 bits per heavy atom. The highest BCUT2D eigenvalue weighted by molar-refractivity contribution is 6.32. The lowest BCUT2D eigenvalue weighted by atomic mass is 10.1. The predicted molar refractivity (Wildman–Crippen MR) is 136 cm³/mol. The van der Waals surface area contributed by atoms with E-state index in [9.17, 15) is 14.4 Å². The molecule has 4 aromatic rings. The highest BCUT2D eigenvalue weighted by atomic mass is 35.5. The molecular formula is C27H22ClNO7. The number of anilines is 1. The molecule has 0 atom stereocenters. The molecule has 0 saturated heterocycles. The fraction of sp³-hybridized carbons (Fsp3) is 0.148. The van der Waals surface area contributed by atoms with Gasteiger partial charge in [0.2, 0.25) is 11.2 Å². The Balaban J connectivity index is 1.70. The number of esters is 1. The molecule has 1 N–H and O–H groups in total. The van der Waals surface area contributed by atoms with Gasteiger partial charge in [-0.2, -0.15) is 0 Å². The molecule has 0 saturated carbocycles. The summed E-state index contributed by atoms with van der Waals surface area (Å²) in [7, 11) is 2.79. The first-order chi connectivity index (χ1) is 17.3. The quantitative estimate of drug-likeness (QED) is 0.341. The maximum atomic E-state index is 13.4. The first-order valence-corrected chi connectivity index (χ1v) is 11.2. The minimum absolute atomic E-state index is 0.149. The van der Waals surface area contributed by atoms with Crippen LogP contribution >= 0.6 is 11.6 Å². The Morgan fingerprint density at radius 1 is 1.03 bits per heavy atom. The number of hydrogen-bond donors (Lipinski definition) is 1. The van der Waals surface area contributed by atoms with Crippen LogP contribution in [-0.2, 0) is 9.53 Å². The van der Waals surface area contributed by atoms with Gasteiger partial charge in [-0.3, -0.25) is 9.59 Å². The molecule has 0 fully saturated rings. The highest BCUT2D eigenvalue weighted by Crippen LogP contribution is 2.33. The molecule has 3 aromatic carbocycles. The smallest absolute Gasteiger partial charge is 0.339 e. The monoisotopic (exact) mass is 507 g/mol. The summed E-state index contributed by atoms with van der Waals surface area (Å²) >= 11 is 6.24. The van der Waals surface area contributed by atoms with E-state index in [4.69, 9.17) is 30.2 Å². The van der Waals surface area contributed by atoms with Crippen LogP contribution in [0.2, 0.25) is 5.02 Å². The van der Waals surface area contributed by atoms with Gasteiger partial charge in [0.25, 0.3) is 5.91 Å². The Hall–Kier alpha value is -4.30. The van der Waals surface area contributed by atoms with E-state index in [0.29, 0.717) is 21.9 Å². The normalized spacial score (nSPS) is 10.7. The average molecular weight is 508 g/mol. The number of carbonyl (C=O) groups excluding carboxylic acids is 2. The standard InChI is InChI=1S/C27H22ClNO7/c1-15-12-22-19(13-20(15)28)24(31)26(25(36-22)16-8-10-17(33-2)11-9-16)35-14-23(30)29-21-7-5-4-6-18(21)27(32)34-3/h4-13H,14H2,1-3H3,(H,29,30). The molecular weight excluding hydrogens is 486 g/mol. The second kappa shape index (κ2) is 10.5. The zero-order chi connectivity index (χ0) is 25.8. The van der Waals surface area contributed by atoms with Crippen LogP contribution in [0.15, 0.2) is 69.9 Å². The van der Waals surface area contributed by atoms with Crippen LogP contribution in [-0.4, -0.2) is 32.7 Å². The number of benzene rings is 3. The maximum absolute atomic E-state index is 13.4. The summed E-state index contributed by atoms with van der Waals surface area (Å²) < 4.78 is 21.7. The lowest BCUT2D eigenvalue weighted by Crippen LogP contribution is -2.23. The van der Waals surface area contributed by atoms with Crippen molar-refractivity contribution in [2.75, 3.05) is 26.1 Å². The van der Waals surface area contributed by atoms with Crippen LogP contribution < -0.4 is 20.2 Å². The van der Waals surface area contributed by atoms with Crippen LogP contribution in [0.25, 0.3) is 22.3 Å². The number of aryl methyl sites for hydroxylation is 1. The molecule has 1 amide bonds. The lowest BCUT2D eigenvalue weighted by molar-refractivity contribution is -0.118. The van der Waals surface area contributed by atoms with Gasteiger partial charge < -0.3 is 23.9 Å². The summed E-state index contributed by atoms with van der Waals surface area (Å²) in [5.74, 6) is -0.566. The van der Waals surface area contributed by atoms with Gasteiger partial charge in [0.1, 0.15) is 11.3 Å². The largest absolute Gasteiger partial charge is 0.497 e. The number of carbonyl (C=O) groups is 2. The zero-order valence-electron chi connectivity index (χ0n) is 19.7. The second-order valence-corrected chi connectivity index (χ2v) is 8.20. The molecule has 0 bridgehead atoms. The molecule has 184 valence electrons. The Kier molecular flexibility index (Phi) is 7.26. The molecule has 0 unspecified atom stereocenters. The number of hydrogen-bond acceptors (Lipinski definition) is 7. The van der Waals surface area contributed by atoms with Crippen molar-refractivity contribution >= 4 is 40.1 Å². The SMILES string of the molecule is COC(=O)c1ccccc1NC(=O)COc1c(-c2ccc(OC)cc2)oc2cc(C)c(Cl)cc2c1=O. The average Bonchev–Trinajstić information content (AvgIpc) is 2.89. The van der Waals surface area contributed by atoms with Crippen molar-refractivity contribution in [1.82, 2.24) is 0 Å². The van der Waals surface area contributed by atoms with Crippen molar-refractivity contribution in [3.8, 4) is 22.8 Å². The third kappa shape index (κ3) is 5.04. The van der Waals surface area contributed by atoms with Gasteiger partial charge in [0.05, 0.1) is 30.9 Å². The number of methoxy groups -OCH3 is 2. The molecule has 8 nitrogen and oxygen atoms in total. The van der Waals surface area contributed by atoms with E-state index in [0.717, 1.165) is 5.56 Å². The number of fused-ring (bicyclic) bond motifs is 1. The summed E-state index contributed by atoms with van der Waals surface area (Å²) in [5, 5.41) is 3.22. The molecule has 0 aliphatic heterocycles. The highest BCUT2D eigenvalue weighted by Gasteiger charge is 2.21. The van der Waals surface area contributed by atoms with Gasteiger partial charge in [0, 0.05) is 10.6 Å². The summed E-state index contributed by atoms with van der Waals surface area (Å²) in [6, 6.07) is 16.4. The van der Waals surface area contributed by atoms with E-state index >= 15 is 0 Å². The summed E-state index contributed by atoms with van der Waals surface area (Å²) in [5.41, 5.74) is 1.58. The Bertz CT molecular complexity index is 1510. The zero-order valence-corrected chi connectivity index (χ0v) is 20.5. The van der Waals surface area contributed by atoms with E-state index in [-0.39, 0.29) is 28.1 Å². The minimum Gasteiger partial charge on any atom is -0.497 e. The van der Waals surface area contributed by atoms with Crippen molar-refractivity contribution in [3.05, 3.63) is 87.0 Å². The van der Waals surface area contributed by atoms with E-state index in [1.165, 1.54) is 19.2 Å². The molecule has 0 aliphatic rings. The van der Waals surface area contributed by atoms with Crippen molar-refractivity contribution in [1.29, 1.82) is 0 Å². The van der Waals surface area contributed by atoms with E-state index in [1.54, 1.807) is 62.6 Å². The first-order valence-electron chi connectivity index (χ1n) is 10.8. The van der Waals surface area contributed by atoms with Crippen LogP contribution in [0.3, 0.4) is 0 Å². The number of rotatable bonds is 7. The molecule has 0 radical (unpaired) electrons. The second-order valence-electron chi connectivity index (χ2n) is 7.79. The Labute approximate surface area is 211 Å². The number of ether oxygens (including phenoxy) is 3. The van der Waals surface area contributed by atoms with E-state index in [2.05, 4.69) is 5.32 Å². The van der Waals surface area contributed by atoms with Crippen molar-refractivity contribution in [2.45, 2.75) is 6.92 Å². The minimum atomic E-state index is -0.601. The molecule has 4 rings (SSSR count).